The maximum atomic E-state index is 5.54. The third-order valence-electron chi connectivity index (χ3n) is 4.33. The third kappa shape index (κ3) is 2.85. The van der Waals surface area contributed by atoms with E-state index in [0.29, 0.717) is 0 Å². The summed E-state index contributed by atoms with van der Waals surface area (Å²) in [5.74, 6) is 0.988. The van der Waals surface area contributed by atoms with Gasteiger partial charge in [-0.15, -0.1) is 0 Å². The zero-order valence-corrected chi connectivity index (χ0v) is 14.0. The third-order valence-corrected chi connectivity index (χ3v) is 4.82. The highest BCUT2D eigenvalue weighted by atomic mass is 79.9. The van der Waals surface area contributed by atoms with Crippen molar-refractivity contribution in [2.45, 2.75) is 18.8 Å². The lowest BCUT2D eigenvalue weighted by Gasteiger charge is -2.44. The van der Waals surface area contributed by atoms with Gasteiger partial charge in [-0.1, -0.05) is 45.8 Å². The Morgan fingerprint density at radius 3 is 2.62 bits per heavy atom. The molecule has 21 heavy (non-hydrogen) atoms. The second-order valence-electron chi connectivity index (χ2n) is 5.89. The summed E-state index contributed by atoms with van der Waals surface area (Å²) in [5, 5.41) is 3.44. The number of rotatable bonds is 4. The standard InChI is InChI=1S/C18H20BrNO/c1-13-6-7-17(21-2)14(8-13)10-18(11-20-12-18)15-4-3-5-16(19)9-15/h3-9,20H,10-12H2,1-2H3. The summed E-state index contributed by atoms with van der Waals surface area (Å²) in [6, 6.07) is 15.1. The van der Waals surface area contributed by atoms with Gasteiger partial charge in [-0.2, -0.15) is 0 Å². The van der Waals surface area contributed by atoms with Gasteiger partial charge >= 0.3 is 0 Å². The molecule has 0 radical (unpaired) electrons. The van der Waals surface area contributed by atoms with Crippen LogP contribution in [0.5, 0.6) is 5.75 Å². The smallest absolute Gasteiger partial charge is 0.122 e. The number of nitrogens with one attached hydrogen (secondary N) is 1. The zero-order chi connectivity index (χ0) is 14.9. The van der Waals surface area contributed by atoms with Crippen LogP contribution < -0.4 is 10.1 Å². The number of benzene rings is 2. The topological polar surface area (TPSA) is 21.3 Å². The van der Waals surface area contributed by atoms with E-state index in [1.807, 2.05) is 0 Å². The fraction of sp³-hybridized carbons (Fsp3) is 0.333. The van der Waals surface area contributed by atoms with Crippen molar-refractivity contribution in [3.8, 4) is 5.75 Å². The lowest BCUT2D eigenvalue weighted by atomic mass is 9.71. The van der Waals surface area contributed by atoms with Gasteiger partial charge in [0.05, 0.1) is 7.11 Å². The van der Waals surface area contributed by atoms with Crippen LogP contribution in [0.4, 0.5) is 0 Å². The largest absolute Gasteiger partial charge is 0.496 e. The summed E-state index contributed by atoms with van der Waals surface area (Å²) in [7, 11) is 1.75. The second kappa shape index (κ2) is 5.82. The molecule has 3 heteroatoms. The summed E-state index contributed by atoms with van der Waals surface area (Å²) in [6.07, 6.45) is 1.00. The minimum Gasteiger partial charge on any atom is -0.496 e. The highest BCUT2D eigenvalue weighted by Gasteiger charge is 2.39. The maximum absolute atomic E-state index is 5.54. The average Bonchev–Trinajstić information content (AvgIpc) is 2.43. The average molecular weight is 346 g/mol. The van der Waals surface area contributed by atoms with Crippen LogP contribution in [0.15, 0.2) is 46.9 Å². The van der Waals surface area contributed by atoms with Crippen molar-refractivity contribution in [1.82, 2.24) is 5.32 Å². The van der Waals surface area contributed by atoms with Crippen molar-refractivity contribution in [3.05, 3.63) is 63.6 Å². The molecule has 0 amide bonds. The Bertz CT molecular complexity index is 649. The van der Waals surface area contributed by atoms with E-state index in [1.54, 1.807) is 7.11 Å². The Morgan fingerprint density at radius 2 is 2.00 bits per heavy atom. The van der Waals surface area contributed by atoms with Crippen molar-refractivity contribution in [1.29, 1.82) is 0 Å². The van der Waals surface area contributed by atoms with Gasteiger partial charge in [0.25, 0.3) is 0 Å². The Labute approximate surface area is 134 Å². The number of halogens is 1. The Hall–Kier alpha value is -1.32. The van der Waals surface area contributed by atoms with E-state index in [9.17, 15) is 0 Å². The Morgan fingerprint density at radius 1 is 1.19 bits per heavy atom. The van der Waals surface area contributed by atoms with Crippen LogP contribution in [-0.2, 0) is 11.8 Å². The van der Waals surface area contributed by atoms with E-state index in [1.165, 1.54) is 16.7 Å². The predicted octanol–water partition coefficient (Wildman–Crippen LogP) is 3.85. The van der Waals surface area contributed by atoms with Crippen LogP contribution in [0.2, 0.25) is 0 Å². The van der Waals surface area contributed by atoms with E-state index in [2.05, 4.69) is 70.6 Å². The summed E-state index contributed by atoms with van der Waals surface area (Å²) in [6.45, 7) is 4.16. The monoisotopic (exact) mass is 345 g/mol. The first-order chi connectivity index (χ1) is 10.1. The molecule has 1 aliphatic heterocycles. The molecule has 1 saturated heterocycles. The fourth-order valence-corrected chi connectivity index (χ4v) is 3.49. The first-order valence-electron chi connectivity index (χ1n) is 7.23. The van der Waals surface area contributed by atoms with Crippen LogP contribution in [0.1, 0.15) is 16.7 Å². The molecule has 0 saturated carbocycles. The molecule has 0 aromatic heterocycles. The SMILES string of the molecule is COc1ccc(C)cc1CC1(c2cccc(Br)c2)CNC1. The number of hydrogen-bond donors (Lipinski definition) is 1. The number of ether oxygens (including phenoxy) is 1. The van der Waals surface area contributed by atoms with Crippen molar-refractivity contribution < 1.29 is 4.74 Å². The molecule has 3 rings (SSSR count). The first kappa shape index (κ1) is 14.6. The molecule has 1 fully saturated rings. The van der Waals surface area contributed by atoms with Crippen LogP contribution in [0.3, 0.4) is 0 Å². The van der Waals surface area contributed by atoms with E-state index >= 15 is 0 Å². The zero-order valence-electron chi connectivity index (χ0n) is 12.4. The van der Waals surface area contributed by atoms with Gasteiger partial charge in [-0.25, -0.2) is 0 Å². The lowest BCUT2D eigenvalue weighted by molar-refractivity contribution is 0.271. The van der Waals surface area contributed by atoms with Crippen molar-refractivity contribution in [3.63, 3.8) is 0 Å². The van der Waals surface area contributed by atoms with Gasteiger partial charge in [0.2, 0.25) is 0 Å². The molecule has 1 aliphatic rings. The summed E-state index contributed by atoms with van der Waals surface area (Å²) in [5.41, 5.74) is 4.13. The van der Waals surface area contributed by atoms with E-state index in [4.69, 9.17) is 4.74 Å². The van der Waals surface area contributed by atoms with Gasteiger partial charge < -0.3 is 10.1 Å². The van der Waals surface area contributed by atoms with Gasteiger partial charge in [0, 0.05) is 23.0 Å². The van der Waals surface area contributed by atoms with E-state index < -0.39 is 0 Å². The minimum atomic E-state index is 0.171. The van der Waals surface area contributed by atoms with Gasteiger partial charge in [-0.3, -0.25) is 0 Å². The molecule has 0 atom stereocenters. The minimum absolute atomic E-state index is 0.171. The van der Waals surface area contributed by atoms with Crippen LogP contribution >= 0.6 is 15.9 Å². The van der Waals surface area contributed by atoms with E-state index in [0.717, 1.165) is 29.7 Å². The summed E-state index contributed by atoms with van der Waals surface area (Å²) >= 11 is 3.59. The molecule has 2 aromatic carbocycles. The fourth-order valence-electron chi connectivity index (χ4n) is 3.09. The highest BCUT2D eigenvalue weighted by molar-refractivity contribution is 9.10. The molecule has 0 spiro atoms. The Balaban J connectivity index is 1.96. The first-order valence-corrected chi connectivity index (χ1v) is 8.03. The summed E-state index contributed by atoms with van der Waals surface area (Å²) in [4.78, 5) is 0. The number of methoxy groups -OCH3 is 1. The second-order valence-corrected chi connectivity index (χ2v) is 6.80. The molecule has 110 valence electrons. The van der Waals surface area contributed by atoms with Crippen LogP contribution in [0.25, 0.3) is 0 Å². The molecule has 1 N–H and O–H groups in total. The highest BCUT2D eigenvalue weighted by Crippen LogP contribution is 2.36. The number of aryl methyl sites for hydroxylation is 1. The molecule has 2 nitrogen and oxygen atoms in total. The quantitative estimate of drug-likeness (QED) is 0.908. The van der Waals surface area contributed by atoms with Gasteiger partial charge in [-0.05, 0) is 42.7 Å². The molecular weight excluding hydrogens is 326 g/mol. The molecule has 0 aliphatic carbocycles. The van der Waals surface area contributed by atoms with Crippen LogP contribution in [-0.4, -0.2) is 20.2 Å². The lowest BCUT2D eigenvalue weighted by Crippen LogP contribution is -2.58. The number of hydrogen-bond acceptors (Lipinski definition) is 2. The van der Waals surface area contributed by atoms with Gasteiger partial charge in [0.15, 0.2) is 0 Å². The Kier molecular flexibility index (Phi) is 4.05. The molecule has 1 heterocycles. The van der Waals surface area contributed by atoms with Crippen LogP contribution in [0, 0.1) is 6.92 Å². The molecule has 0 bridgehead atoms. The van der Waals surface area contributed by atoms with Gasteiger partial charge in [0.1, 0.15) is 5.75 Å². The summed E-state index contributed by atoms with van der Waals surface area (Å²) < 4.78 is 6.69. The maximum Gasteiger partial charge on any atom is 0.122 e. The van der Waals surface area contributed by atoms with E-state index in [-0.39, 0.29) is 5.41 Å². The predicted molar refractivity (Wildman–Crippen MR) is 90.1 cm³/mol. The van der Waals surface area contributed by atoms with Crippen molar-refractivity contribution >= 4 is 15.9 Å². The molecule has 0 unspecified atom stereocenters. The molecule has 2 aromatic rings. The molecular formula is C18H20BrNO. The van der Waals surface area contributed by atoms with Crippen molar-refractivity contribution in [2.24, 2.45) is 0 Å². The van der Waals surface area contributed by atoms with Crippen molar-refractivity contribution in [2.75, 3.05) is 20.2 Å². The normalized spacial score (nSPS) is 16.3.